The fourth-order valence-corrected chi connectivity index (χ4v) is 5.10. The third-order valence-corrected chi connectivity index (χ3v) is 6.96. The molecule has 2 aromatic rings. The SMILES string of the molecule is O=S(=O)(Nc1cc(F)cc(F)c1)c1ccc(N2CCC(N3CCCC3)CC2)nc1. The molecular formula is C20H24F2N4O2S. The molecule has 0 atom stereocenters. The van der Waals surface area contributed by atoms with E-state index >= 15 is 0 Å². The summed E-state index contributed by atoms with van der Waals surface area (Å²) >= 11 is 0. The van der Waals surface area contributed by atoms with Gasteiger partial charge in [-0.05, 0) is 63.0 Å². The summed E-state index contributed by atoms with van der Waals surface area (Å²) < 4.78 is 53.7. The van der Waals surface area contributed by atoms with Crippen molar-refractivity contribution in [2.45, 2.75) is 36.6 Å². The zero-order valence-electron chi connectivity index (χ0n) is 16.0. The van der Waals surface area contributed by atoms with Crippen LogP contribution in [0.3, 0.4) is 0 Å². The fraction of sp³-hybridized carbons (Fsp3) is 0.450. The summed E-state index contributed by atoms with van der Waals surface area (Å²) in [5.41, 5.74) is -0.171. The summed E-state index contributed by atoms with van der Waals surface area (Å²) in [6.07, 6.45) is 6.00. The van der Waals surface area contributed by atoms with E-state index in [1.807, 2.05) is 0 Å². The van der Waals surface area contributed by atoms with Crippen LogP contribution in [0.1, 0.15) is 25.7 Å². The van der Waals surface area contributed by atoms with Crippen molar-refractivity contribution in [3.05, 3.63) is 48.2 Å². The number of rotatable bonds is 5. The molecule has 2 aliphatic heterocycles. The van der Waals surface area contributed by atoms with Crippen LogP contribution < -0.4 is 9.62 Å². The van der Waals surface area contributed by atoms with Crippen molar-refractivity contribution in [3.8, 4) is 0 Å². The van der Waals surface area contributed by atoms with Gasteiger partial charge in [0.2, 0.25) is 0 Å². The van der Waals surface area contributed by atoms with Gasteiger partial charge in [-0.2, -0.15) is 0 Å². The number of likely N-dealkylation sites (tertiary alicyclic amines) is 1. The maximum absolute atomic E-state index is 13.3. The van der Waals surface area contributed by atoms with Gasteiger partial charge in [-0.15, -0.1) is 0 Å². The van der Waals surface area contributed by atoms with Gasteiger partial charge in [-0.1, -0.05) is 0 Å². The average molecular weight is 423 g/mol. The monoisotopic (exact) mass is 422 g/mol. The largest absolute Gasteiger partial charge is 0.357 e. The number of benzene rings is 1. The van der Waals surface area contributed by atoms with E-state index in [4.69, 9.17) is 0 Å². The van der Waals surface area contributed by atoms with Crippen molar-refractivity contribution in [1.82, 2.24) is 9.88 Å². The predicted molar refractivity (Wildman–Crippen MR) is 107 cm³/mol. The first-order valence-corrected chi connectivity index (χ1v) is 11.3. The Balaban J connectivity index is 1.40. The van der Waals surface area contributed by atoms with Crippen LogP contribution in [0, 0.1) is 11.6 Å². The number of hydrogen-bond donors (Lipinski definition) is 1. The van der Waals surface area contributed by atoms with E-state index in [-0.39, 0.29) is 10.6 Å². The van der Waals surface area contributed by atoms with Crippen molar-refractivity contribution in [2.24, 2.45) is 0 Å². The van der Waals surface area contributed by atoms with Crippen LogP contribution in [0.2, 0.25) is 0 Å². The lowest BCUT2D eigenvalue weighted by Gasteiger charge is -2.37. The van der Waals surface area contributed by atoms with Crippen molar-refractivity contribution in [1.29, 1.82) is 0 Å². The fourth-order valence-electron chi connectivity index (χ4n) is 4.11. The Morgan fingerprint density at radius 2 is 1.62 bits per heavy atom. The summed E-state index contributed by atoms with van der Waals surface area (Å²) in [7, 11) is -3.99. The van der Waals surface area contributed by atoms with E-state index in [0.717, 1.165) is 43.9 Å². The van der Waals surface area contributed by atoms with Gasteiger partial charge in [0.25, 0.3) is 10.0 Å². The Morgan fingerprint density at radius 3 is 2.21 bits per heavy atom. The Morgan fingerprint density at radius 1 is 0.966 bits per heavy atom. The topological polar surface area (TPSA) is 65.5 Å². The van der Waals surface area contributed by atoms with E-state index in [1.54, 1.807) is 6.07 Å². The molecule has 0 spiro atoms. The number of sulfonamides is 1. The zero-order valence-corrected chi connectivity index (χ0v) is 16.8. The number of anilines is 2. The van der Waals surface area contributed by atoms with Gasteiger partial charge < -0.3 is 9.80 Å². The van der Waals surface area contributed by atoms with Crippen LogP contribution >= 0.6 is 0 Å². The quantitative estimate of drug-likeness (QED) is 0.802. The number of hydrogen-bond acceptors (Lipinski definition) is 5. The second-order valence-corrected chi connectivity index (χ2v) is 9.26. The van der Waals surface area contributed by atoms with Crippen molar-refractivity contribution >= 4 is 21.5 Å². The molecule has 1 aromatic heterocycles. The summed E-state index contributed by atoms with van der Waals surface area (Å²) in [6.45, 7) is 4.16. The number of halogens is 2. The van der Waals surface area contributed by atoms with Crippen molar-refractivity contribution in [2.75, 3.05) is 35.8 Å². The Kier molecular flexibility index (Phi) is 5.69. The lowest BCUT2D eigenvalue weighted by molar-refractivity contribution is 0.207. The number of piperidine rings is 1. The summed E-state index contributed by atoms with van der Waals surface area (Å²) in [4.78, 5) is 8.99. The average Bonchev–Trinajstić information content (AvgIpc) is 3.22. The van der Waals surface area contributed by atoms with Crippen LogP contribution in [0.4, 0.5) is 20.3 Å². The molecule has 0 radical (unpaired) electrons. The maximum atomic E-state index is 13.3. The smallest absolute Gasteiger partial charge is 0.263 e. The number of nitrogens with one attached hydrogen (secondary N) is 1. The standard InChI is InChI=1S/C20H24F2N4O2S/c21-15-11-16(22)13-17(12-15)24-29(27,28)19-3-4-20(23-14-19)26-9-5-18(6-10-26)25-7-1-2-8-25/h3-4,11-14,18,24H,1-2,5-10H2. The summed E-state index contributed by atoms with van der Waals surface area (Å²) in [5, 5.41) is 0. The van der Waals surface area contributed by atoms with Gasteiger partial charge >= 0.3 is 0 Å². The van der Waals surface area contributed by atoms with Gasteiger partial charge in [-0.25, -0.2) is 22.2 Å². The highest BCUT2D eigenvalue weighted by atomic mass is 32.2. The normalized spacial score (nSPS) is 18.9. The number of aromatic nitrogens is 1. The highest BCUT2D eigenvalue weighted by Crippen LogP contribution is 2.25. The van der Waals surface area contributed by atoms with Crippen LogP contribution in [0.25, 0.3) is 0 Å². The molecule has 2 aliphatic rings. The molecular weight excluding hydrogens is 398 g/mol. The number of nitrogens with zero attached hydrogens (tertiary/aromatic N) is 3. The van der Waals surface area contributed by atoms with Gasteiger partial charge in [0.05, 0.1) is 5.69 Å². The van der Waals surface area contributed by atoms with E-state index < -0.39 is 21.7 Å². The van der Waals surface area contributed by atoms with E-state index in [9.17, 15) is 17.2 Å². The minimum atomic E-state index is -3.99. The molecule has 29 heavy (non-hydrogen) atoms. The molecule has 0 aliphatic carbocycles. The van der Waals surface area contributed by atoms with Crippen molar-refractivity contribution in [3.63, 3.8) is 0 Å². The molecule has 0 bridgehead atoms. The Labute approximate surface area is 169 Å². The zero-order chi connectivity index (χ0) is 20.4. The van der Waals surface area contributed by atoms with Crippen LogP contribution in [0.15, 0.2) is 41.4 Å². The van der Waals surface area contributed by atoms with Gasteiger partial charge in [0.1, 0.15) is 22.3 Å². The maximum Gasteiger partial charge on any atom is 0.263 e. The molecule has 0 amide bonds. The summed E-state index contributed by atoms with van der Waals surface area (Å²) in [6, 6.07) is 6.30. The molecule has 3 heterocycles. The molecule has 4 rings (SSSR count). The molecule has 0 unspecified atom stereocenters. The van der Waals surface area contributed by atoms with Gasteiger partial charge in [0.15, 0.2) is 0 Å². The minimum Gasteiger partial charge on any atom is -0.357 e. The Bertz CT molecular complexity index is 935. The minimum absolute atomic E-state index is 0.0575. The van der Waals surface area contributed by atoms with Gasteiger partial charge in [-0.3, -0.25) is 4.72 Å². The van der Waals surface area contributed by atoms with E-state index in [2.05, 4.69) is 19.5 Å². The first kappa shape index (κ1) is 20.0. The second kappa shape index (κ2) is 8.23. The lowest BCUT2D eigenvalue weighted by Crippen LogP contribution is -2.44. The first-order chi connectivity index (χ1) is 13.9. The van der Waals surface area contributed by atoms with Crippen LogP contribution in [-0.2, 0) is 10.0 Å². The first-order valence-electron chi connectivity index (χ1n) is 9.85. The lowest BCUT2D eigenvalue weighted by atomic mass is 10.0. The van der Waals surface area contributed by atoms with E-state index in [0.29, 0.717) is 12.1 Å². The molecule has 1 aromatic carbocycles. The molecule has 2 fully saturated rings. The molecule has 0 saturated carbocycles. The molecule has 156 valence electrons. The highest BCUT2D eigenvalue weighted by Gasteiger charge is 2.27. The van der Waals surface area contributed by atoms with E-state index in [1.165, 1.54) is 38.2 Å². The Hall–Kier alpha value is -2.26. The number of pyridine rings is 1. The summed E-state index contributed by atoms with van der Waals surface area (Å²) in [5.74, 6) is -0.970. The second-order valence-electron chi connectivity index (χ2n) is 7.58. The third kappa shape index (κ3) is 4.67. The third-order valence-electron chi connectivity index (χ3n) is 5.59. The molecule has 6 nitrogen and oxygen atoms in total. The molecule has 9 heteroatoms. The van der Waals surface area contributed by atoms with Crippen molar-refractivity contribution < 1.29 is 17.2 Å². The molecule has 1 N–H and O–H groups in total. The molecule has 2 saturated heterocycles. The van der Waals surface area contributed by atoms with Crippen LogP contribution in [-0.4, -0.2) is 50.5 Å². The van der Waals surface area contributed by atoms with Crippen LogP contribution in [0.5, 0.6) is 0 Å². The van der Waals surface area contributed by atoms with Gasteiger partial charge in [0, 0.05) is 31.4 Å². The predicted octanol–water partition coefficient (Wildman–Crippen LogP) is 3.23. The highest BCUT2D eigenvalue weighted by molar-refractivity contribution is 7.92.